The van der Waals surface area contributed by atoms with Crippen LogP contribution in [0.1, 0.15) is 52.3 Å². The Labute approximate surface area is 109 Å². The van der Waals surface area contributed by atoms with Gasteiger partial charge in [0.1, 0.15) is 5.60 Å². The molecule has 1 rings (SSSR count). The maximum Gasteiger partial charge on any atom is 0.229 e. The fourth-order valence-electron chi connectivity index (χ4n) is 1.78. The van der Waals surface area contributed by atoms with Crippen LogP contribution in [0.15, 0.2) is 4.52 Å². The molecule has 1 heterocycles. The Hall–Kier alpha value is -0.940. The summed E-state index contributed by atoms with van der Waals surface area (Å²) in [6, 6.07) is 0. The molecule has 0 radical (unpaired) electrons. The van der Waals surface area contributed by atoms with Crippen molar-refractivity contribution in [1.82, 2.24) is 10.1 Å². The van der Waals surface area contributed by atoms with Crippen molar-refractivity contribution in [2.45, 2.75) is 58.7 Å². The third kappa shape index (κ3) is 3.78. The van der Waals surface area contributed by atoms with E-state index in [4.69, 9.17) is 9.26 Å². The average Bonchev–Trinajstić information content (AvgIpc) is 2.75. The molecule has 5 heteroatoms. The van der Waals surface area contributed by atoms with Crippen molar-refractivity contribution in [3.05, 3.63) is 11.7 Å². The van der Waals surface area contributed by atoms with E-state index in [0.717, 1.165) is 12.8 Å². The van der Waals surface area contributed by atoms with E-state index >= 15 is 0 Å². The summed E-state index contributed by atoms with van der Waals surface area (Å²) in [5.74, 6) is 1.45. The van der Waals surface area contributed by atoms with Crippen molar-refractivity contribution in [2.24, 2.45) is 5.92 Å². The second-order valence-corrected chi connectivity index (χ2v) is 5.29. The Bertz CT molecular complexity index is 359. The van der Waals surface area contributed by atoms with Crippen molar-refractivity contribution >= 4 is 0 Å². The molecule has 1 N–H and O–H groups in total. The van der Waals surface area contributed by atoms with E-state index in [1.165, 1.54) is 0 Å². The Morgan fingerprint density at radius 1 is 1.44 bits per heavy atom. The molecule has 1 aromatic rings. The second kappa shape index (κ2) is 6.29. The van der Waals surface area contributed by atoms with Gasteiger partial charge in [0, 0.05) is 7.11 Å². The minimum absolute atomic E-state index is 0.398. The highest BCUT2D eigenvalue weighted by Gasteiger charge is 2.30. The minimum atomic E-state index is -0.523. The van der Waals surface area contributed by atoms with Gasteiger partial charge in [0.05, 0.1) is 12.5 Å². The summed E-state index contributed by atoms with van der Waals surface area (Å²) >= 11 is 0. The van der Waals surface area contributed by atoms with Crippen LogP contribution in [0.5, 0.6) is 0 Å². The maximum absolute atomic E-state index is 9.84. The van der Waals surface area contributed by atoms with Crippen LogP contribution in [0.2, 0.25) is 0 Å². The first kappa shape index (κ1) is 15.1. The van der Waals surface area contributed by atoms with E-state index in [1.807, 2.05) is 13.8 Å². The molecule has 0 saturated carbocycles. The zero-order valence-electron chi connectivity index (χ0n) is 11.9. The molecule has 0 aromatic carbocycles. The highest BCUT2D eigenvalue weighted by molar-refractivity contribution is 4.99. The molecule has 0 aliphatic heterocycles. The molecular weight excluding hydrogens is 232 g/mol. The van der Waals surface area contributed by atoms with E-state index in [0.29, 0.717) is 24.1 Å². The fraction of sp³-hybridized carbons (Fsp3) is 0.846. The Balaban J connectivity index is 2.69. The largest absolute Gasteiger partial charge is 0.393 e. The Morgan fingerprint density at radius 3 is 2.61 bits per heavy atom. The van der Waals surface area contributed by atoms with Gasteiger partial charge in [0.15, 0.2) is 0 Å². The van der Waals surface area contributed by atoms with Crippen molar-refractivity contribution in [2.75, 3.05) is 7.11 Å². The summed E-state index contributed by atoms with van der Waals surface area (Å²) in [6.07, 6.45) is 1.45. The van der Waals surface area contributed by atoms with Crippen LogP contribution in [-0.4, -0.2) is 28.5 Å². The van der Waals surface area contributed by atoms with Crippen LogP contribution in [0.3, 0.4) is 0 Å². The summed E-state index contributed by atoms with van der Waals surface area (Å²) in [6.45, 7) is 8.07. The number of methoxy groups -OCH3 is 1. The van der Waals surface area contributed by atoms with Gasteiger partial charge in [0.2, 0.25) is 11.7 Å². The third-order valence-corrected chi connectivity index (χ3v) is 3.22. The lowest BCUT2D eigenvalue weighted by Crippen LogP contribution is -2.25. The van der Waals surface area contributed by atoms with Crippen molar-refractivity contribution in [3.63, 3.8) is 0 Å². The van der Waals surface area contributed by atoms with Crippen LogP contribution in [0.4, 0.5) is 0 Å². The molecule has 104 valence electrons. The van der Waals surface area contributed by atoms with E-state index in [-0.39, 0.29) is 0 Å². The predicted molar refractivity (Wildman–Crippen MR) is 68.1 cm³/mol. The highest BCUT2D eigenvalue weighted by atomic mass is 16.5. The van der Waals surface area contributed by atoms with Crippen molar-refractivity contribution in [1.29, 1.82) is 0 Å². The van der Waals surface area contributed by atoms with Gasteiger partial charge in [-0.25, -0.2) is 0 Å². The van der Waals surface area contributed by atoms with Gasteiger partial charge in [-0.3, -0.25) is 0 Å². The van der Waals surface area contributed by atoms with Crippen molar-refractivity contribution in [3.8, 4) is 0 Å². The van der Waals surface area contributed by atoms with Gasteiger partial charge in [-0.05, 0) is 25.7 Å². The molecule has 2 atom stereocenters. The summed E-state index contributed by atoms with van der Waals surface area (Å²) in [5.41, 5.74) is -0.523. The number of hydrogen-bond donors (Lipinski definition) is 1. The molecule has 5 nitrogen and oxygen atoms in total. The normalized spacial score (nSPS) is 16.8. The summed E-state index contributed by atoms with van der Waals surface area (Å²) in [5, 5.41) is 13.8. The molecule has 0 aliphatic rings. The topological polar surface area (TPSA) is 68.4 Å². The number of ether oxygens (including phenoxy) is 1. The molecule has 0 spiro atoms. The predicted octanol–water partition coefficient (Wildman–Crippen LogP) is 2.29. The average molecular weight is 256 g/mol. The Morgan fingerprint density at radius 2 is 2.11 bits per heavy atom. The van der Waals surface area contributed by atoms with E-state index < -0.39 is 11.7 Å². The Kier molecular flexibility index (Phi) is 5.28. The van der Waals surface area contributed by atoms with Gasteiger partial charge >= 0.3 is 0 Å². The lowest BCUT2D eigenvalue weighted by Gasteiger charge is -2.21. The standard InChI is InChI=1S/C13H24N2O3/c1-6-13(4,17-5)12-14-11(18-15-12)8-10(16)7-9(2)3/h9-10,16H,6-8H2,1-5H3. The second-order valence-electron chi connectivity index (χ2n) is 5.29. The zero-order chi connectivity index (χ0) is 13.8. The van der Waals surface area contributed by atoms with Crippen LogP contribution in [0, 0.1) is 5.92 Å². The number of aromatic nitrogens is 2. The molecule has 2 unspecified atom stereocenters. The van der Waals surface area contributed by atoms with Gasteiger partial charge in [0.25, 0.3) is 0 Å². The summed E-state index contributed by atoms with van der Waals surface area (Å²) < 4.78 is 10.6. The summed E-state index contributed by atoms with van der Waals surface area (Å²) in [7, 11) is 1.63. The maximum atomic E-state index is 9.84. The number of aliphatic hydroxyl groups excluding tert-OH is 1. The molecule has 0 amide bonds. The SMILES string of the molecule is CCC(C)(OC)c1noc(CC(O)CC(C)C)n1. The number of hydrogen-bond acceptors (Lipinski definition) is 5. The number of rotatable bonds is 7. The summed E-state index contributed by atoms with van der Waals surface area (Å²) in [4.78, 5) is 4.31. The zero-order valence-corrected chi connectivity index (χ0v) is 11.9. The fourth-order valence-corrected chi connectivity index (χ4v) is 1.78. The number of nitrogens with zero attached hydrogens (tertiary/aromatic N) is 2. The van der Waals surface area contributed by atoms with Gasteiger partial charge in [-0.2, -0.15) is 4.98 Å². The van der Waals surface area contributed by atoms with Gasteiger partial charge in [-0.15, -0.1) is 0 Å². The van der Waals surface area contributed by atoms with Crippen LogP contribution >= 0.6 is 0 Å². The lowest BCUT2D eigenvalue weighted by molar-refractivity contribution is -0.0106. The first-order valence-electron chi connectivity index (χ1n) is 6.47. The van der Waals surface area contributed by atoms with E-state index in [9.17, 15) is 5.11 Å². The van der Waals surface area contributed by atoms with E-state index in [1.54, 1.807) is 7.11 Å². The monoisotopic (exact) mass is 256 g/mol. The molecule has 0 saturated heterocycles. The first-order chi connectivity index (χ1) is 8.41. The van der Waals surface area contributed by atoms with Gasteiger partial charge < -0.3 is 14.4 Å². The minimum Gasteiger partial charge on any atom is -0.393 e. The quantitative estimate of drug-likeness (QED) is 0.810. The van der Waals surface area contributed by atoms with E-state index in [2.05, 4.69) is 24.0 Å². The van der Waals surface area contributed by atoms with Crippen LogP contribution in [0.25, 0.3) is 0 Å². The van der Waals surface area contributed by atoms with Gasteiger partial charge in [-0.1, -0.05) is 25.9 Å². The molecule has 1 aromatic heterocycles. The molecule has 18 heavy (non-hydrogen) atoms. The third-order valence-electron chi connectivity index (χ3n) is 3.22. The highest BCUT2D eigenvalue weighted by Crippen LogP contribution is 2.25. The lowest BCUT2D eigenvalue weighted by atomic mass is 10.0. The van der Waals surface area contributed by atoms with Crippen LogP contribution in [-0.2, 0) is 16.8 Å². The van der Waals surface area contributed by atoms with Crippen molar-refractivity contribution < 1.29 is 14.4 Å². The van der Waals surface area contributed by atoms with Crippen LogP contribution < -0.4 is 0 Å². The smallest absolute Gasteiger partial charge is 0.229 e. The molecule has 0 fully saturated rings. The molecular formula is C13H24N2O3. The molecule has 0 bridgehead atoms. The molecule has 0 aliphatic carbocycles. The first-order valence-corrected chi connectivity index (χ1v) is 6.47. The number of aliphatic hydroxyl groups is 1.